The molecule has 0 fully saturated rings. The zero-order chi connectivity index (χ0) is 21.3. The third-order valence-corrected chi connectivity index (χ3v) is 4.19. The van der Waals surface area contributed by atoms with Crippen molar-refractivity contribution in [2.75, 3.05) is 6.61 Å². The predicted molar refractivity (Wildman–Crippen MR) is 109 cm³/mol. The number of aromatic nitrogens is 3. The van der Waals surface area contributed by atoms with Crippen molar-refractivity contribution < 1.29 is 19.2 Å². The van der Waals surface area contributed by atoms with Crippen LogP contribution in [0.1, 0.15) is 17.1 Å². The van der Waals surface area contributed by atoms with E-state index < -0.39 is 10.9 Å². The Hall–Kier alpha value is -4.01. The molecule has 0 aliphatic rings. The SMILES string of the molecule is Cc1ncc([N+](=O)[O-])n1CCOC(=O)C=Cc1ccc(OCc2ccccn2)cc1. The van der Waals surface area contributed by atoms with Crippen LogP contribution in [0.2, 0.25) is 0 Å². The monoisotopic (exact) mass is 408 g/mol. The normalized spacial score (nSPS) is 10.8. The highest BCUT2D eigenvalue weighted by Gasteiger charge is 2.17. The van der Waals surface area contributed by atoms with E-state index in [2.05, 4.69) is 9.97 Å². The van der Waals surface area contributed by atoms with Crippen LogP contribution in [0.4, 0.5) is 5.82 Å². The summed E-state index contributed by atoms with van der Waals surface area (Å²) in [6.07, 6.45) is 5.82. The molecule has 154 valence electrons. The first-order valence-electron chi connectivity index (χ1n) is 9.17. The smallest absolute Gasteiger partial charge is 0.342 e. The van der Waals surface area contributed by atoms with Gasteiger partial charge in [0.05, 0.1) is 5.69 Å². The van der Waals surface area contributed by atoms with Crippen LogP contribution in [0.3, 0.4) is 0 Å². The van der Waals surface area contributed by atoms with Gasteiger partial charge in [-0.1, -0.05) is 18.2 Å². The highest BCUT2D eigenvalue weighted by molar-refractivity contribution is 5.87. The summed E-state index contributed by atoms with van der Waals surface area (Å²) in [6, 6.07) is 12.9. The van der Waals surface area contributed by atoms with Crippen molar-refractivity contribution in [1.29, 1.82) is 0 Å². The van der Waals surface area contributed by atoms with Gasteiger partial charge in [0.25, 0.3) is 0 Å². The summed E-state index contributed by atoms with van der Waals surface area (Å²) >= 11 is 0. The Bertz CT molecular complexity index is 1030. The molecule has 30 heavy (non-hydrogen) atoms. The molecule has 0 bridgehead atoms. The molecule has 0 N–H and O–H groups in total. The fourth-order valence-corrected chi connectivity index (χ4v) is 2.64. The first kappa shape index (κ1) is 20.7. The molecule has 0 unspecified atom stereocenters. The maximum absolute atomic E-state index is 11.9. The largest absolute Gasteiger partial charge is 0.487 e. The number of carbonyl (C=O) groups excluding carboxylic acids is 1. The Labute approximate surface area is 172 Å². The van der Waals surface area contributed by atoms with Crippen LogP contribution in [0, 0.1) is 17.0 Å². The number of hydrogen-bond acceptors (Lipinski definition) is 7. The number of carbonyl (C=O) groups is 1. The third-order valence-electron chi connectivity index (χ3n) is 4.19. The summed E-state index contributed by atoms with van der Waals surface area (Å²) in [6.45, 7) is 2.18. The minimum Gasteiger partial charge on any atom is -0.487 e. The molecule has 3 aromatic rings. The number of nitrogens with zero attached hydrogens (tertiary/aromatic N) is 4. The van der Waals surface area contributed by atoms with Crippen molar-refractivity contribution in [2.24, 2.45) is 0 Å². The van der Waals surface area contributed by atoms with E-state index in [1.54, 1.807) is 31.3 Å². The van der Waals surface area contributed by atoms with E-state index in [4.69, 9.17) is 9.47 Å². The van der Waals surface area contributed by atoms with Gasteiger partial charge in [-0.15, -0.1) is 0 Å². The highest BCUT2D eigenvalue weighted by Crippen LogP contribution is 2.15. The lowest BCUT2D eigenvalue weighted by Crippen LogP contribution is -2.12. The van der Waals surface area contributed by atoms with Crippen LogP contribution >= 0.6 is 0 Å². The van der Waals surface area contributed by atoms with E-state index >= 15 is 0 Å². The number of benzene rings is 1. The third kappa shape index (κ3) is 5.74. The van der Waals surface area contributed by atoms with Crippen molar-refractivity contribution in [3.05, 3.63) is 88.1 Å². The first-order chi connectivity index (χ1) is 14.5. The molecule has 2 aromatic heterocycles. The van der Waals surface area contributed by atoms with Crippen LogP contribution in [0.5, 0.6) is 5.75 Å². The lowest BCUT2D eigenvalue weighted by atomic mass is 10.2. The molecule has 9 heteroatoms. The quantitative estimate of drug-likeness (QED) is 0.231. The molecule has 0 amide bonds. The lowest BCUT2D eigenvalue weighted by molar-refractivity contribution is -0.392. The zero-order valence-corrected chi connectivity index (χ0v) is 16.3. The summed E-state index contributed by atoms with van der Waals surface area (Å²) in [5, 5.41) is 10.9. The van der Waals surface area contributed by atoms with Crippen molar-refractivity contribution in [3.8, 4) is 5.75 Å². The van der Waals surface area contributed by atoms with Crippen molar-refractivity contribution in [1.82, 2.24) is 14.5 Å². The van der Waals surface area contributed by atoms with E-state index in [1.807, 2.05) is 30.3 Å². The Morgan fingerprint density at radius 2 is 2.00 bits per heavy atom. The zero-order valence-electron chi connectivity index (χ0n) is 16.3. The lowest BCUT2D eigenvalue weighted by Gasteiger charge is -2.05. The van der Waals surface area contributed by atoms with Gasteiger partial charge in [0.15, 0.2) is 5.82 Å². The standard InChI is InChI=1S/C21H20N4O5/c1-16-23-14-20(25(27)28)24(16)12-13-29-21(26)10-7-17-5-8-19(9-6-17)30-15-18-4-2-3-11-22-18/h2-11,14H,12-13,15H2,1H3. The summed E-state index contributed by atoms with van der Waals surface area (Å²) in [5.41, 5.74) is 1.64. The van der Waals surface area contributed by atoms with Gasteiger partial charge in [0.1, 0.15) is 31.7 Å². The fourth-order valence-electron chi connectivity index (χ4n) is 2.64. The second kappa shape index (κ2) is 9.97. The second-order valence-corrected chi connectivity index (χ2v) is 6.25. The van der Waals surface area contributed by atoms with Crippen molar-refractivity contribution in [2.45, 2.75) is 20.1 Å². The topological polar surface area (TPSA) is 109 Å². The number of nitro groups is 1. The van der Waals surface area contributed by atoms with Gasteiger partial charge >= 0.3 is 11.8 Å². The summed E-state index contributed by atoms with van der Waals surface area (Å²) < 4.78 is 12.2. The van der Waals surface area contributed by atoms with Crippen LogP contribution in [-0.2, 0) is 22.7 Å². The Kier molecular flexibility index (Phi) is 6.88. The van der Waals surface area contributed by atoms with Crippen LogP contribution in [-0.4, -0.2) is 32.0 Å². The van der Waals surface area contributed by atoms with Gasteiger partial charge in [-0.3, -0.25) is 4.98 Å². The van der Waals surface area contributed by atoms with Gasteiger partial charge < -0.3 is 19.6 Å². The fraction of sp³-hybridized carbons (Fsp3) is 0.190. The van der Waals surface area contributed by atoms with Gasteiger partial charge in [0.2, 0.25) is 0 Å². The number of rotatable bonds is 9. The molecule has 1 aromatic carbocycles. The van der Waals surface area contributed by atoms with Crippen LogP contribution in [0.25, 0.3) is 6.08 Å². The number of imidazole rings is 1. The maximum atomic E-state index is 11.9. The minimum atomic E-state index is -0.536. The maximum Gasteiger partial charge on any atom is 0.342 e. The molecule has 0 atom stereocenters. The number of esters is 1. The van der Waals surface area contributed by atoms with E-state index in [1.165, 1.54) is 16.8 Å². The van der Waals surface area contributed by atoms with Gasteiger partial charge in [-0.2, -0.15) is 0 Å². The molecule has 9 nitrogen and oxygen atoms in total. The summed E-state index contributed by atoms with van der Waals surface area (Å²) in [7, 11) is 0. The molecular formula is C21H20N4O5. The van der Waals surface area contributed by atoms with Crippen molar-refractivity contribution >= 4 is 17.9 Å². The molecule has 0 radical (unpaired) electrons. The number of pyridine rings is 1. The molecule has 0 spiro atoms. The second-order valence-electron chi connectivity index (χ2n) is 6.25. The number of hydrogen-bond donors (Lipinski definition) is 0. The van der Waals surface area contributed by atoms with E-state index in [9.17, 15) is 14.9 Å². The van der Waals surface area contributed by atoms with E-state index in [0.29, 0.717) is 18.2 Å². The molecule has 0 saturated heterocycles. The summed E-state index contributed by atoms with van der Waals surface area (Å²) in [4.78, 5) is 30.4. The first-order valence-corrected chi connectivity index (χ1v) is 9.17. The predicted octanol–water partition coefficient (Wildman–Crippen LogP) is 3.33. The minimum absolute atomic E-state index is 0.00150. The average molecular weight is 408 g/mol. The van der Waals surface area contributed by atoms with Crippen molar-refractivity contribution in [3.63, 3.8) is 0 Å². The summed E-state index contributed by atoms with van der Waals surface area (Å²) in [5.74, 6) is 0.506. The van der Waals surface area contributed by atoms with Gasteiger partial charge in [-0.25, -0.2) is 14.3 Å². The van der Waals surface area contributed by atoms with Crippen LogP contribution in [0.15, 0.2) is 60.9 Å². The van der Waals surface area contributed by atoms with Gasteiger partial charge in [0, 0.05) is 19.2 Å². The van der Waals surface area contributed by atoms with Crippen LogP contribution < -0.4 is 4.74 Å². The Morgan fingerprint density at radius 1 is 1.20 bits per heavy atom. The molecule has 0 aliphatic carbocycles. The van der Waals surface area contributed by atoms with E-state index in [-0.39, 0.29) is 19.0 Å². The molecule has 0 saturated carbocycles. The Balaban J connectivity index is 1.45. The molecule has 0 aliphatic heterocycles. The molecule has 2 heterocycles. The Morgan fingerprint density at radius 3 is 2.70 bits per heavy atom. The number of aryl methyl sites for hydroxylation is 1. The van der Waals surface area contributed by atoms with E-state index in [0.717, 1.165) is 11.3 Å². The molecular weight excluding hydrogens is 388 g/mol. The number of ether oxygens (including phenoxy) is 2. The average Bonchev–Trinajstić information content (AvgIpc) is 3.13. The highest BCUT2D eigenvalue weighted by atomic mass is 16.6. The van der Waals surface area contributed by atoms with Gasteiger partial charge in [-0.05, 0) is 40.8 Å². The molecule has 3 rings (SSSR count).